The second-order valence-corrected chi connectivity index (χ2v) is 5.49. The predicted octanol–water partition coefficient (Wildman–Crippen LogP) is 2.46. The van der Waals surface area contributed by atoms with Crippen molar-refractivity contribution >= 4 is 15.9 Å². The van der Waals surface area contributed by atoms with Crippen molar-refractivity contribution in [3.8, 4) is 0 Å². The Morgan fingerprint density at radius 1 is 1.28 bits per heavy atom. The molecule has 0 saturated carbocycles. The Labute approximate surface area is 114 Å². The number of benzene rings is 1. The van der Waals surface area contributed by atoms with E-state index >= 15 is 0 Å². The van der Waals surface area contributed by atoms with Crippen molar-refractivity contribution in [3.05, 3.63) is 46.0 Å². The third kappa shape index (κ3) is 2.20. The molecule has 1 aliphatic heterocycles. The molecule has 0 radical (unpaired) electrons. The molecular formula is C13H14BrN3O. The Morgan fingerprint density at radius 2 is 2.06 bits per heavy atom. The number of hydrogen-bond acceptors (Lipinski definition) is 3. The maximum atomic E-state index is 10.0. The van der Waals surface area contributed by atoms with Gasteiger partial charge in [0.25, 0.3) is 0 Å². The highest BCUT2D eigenvalue weighted by atomic mass is 79.9. The first-order valence-corrected chi connectivity index (χ1v) is 6.88. The van der Waals surface area contributed by atoms with Gasteiger partial charge in [0.05, 0.1) is 0 Å². The lowest BCUT2D eigenvalue weighted by atomic mass is 10.1. The molecule has 2 heterocycles. The average Bonchev–Trinajstić information content (AvgIpc) is 2.77. The van der Waals surface area contributed by atoms with Gasteiger partial charge >= 0.3 is 0 Å². The van der Waals surface area contributed by atoms with Crippen LogP contribution in [0.1, 0.15) is 36.3 Å². The molecule has 1 unspecified atom stereocenters. The highest BCUT2D eigenvalue weighted by molar-refractivity contribution is 9.10. The first kappa shape index (κ1) is 11.9. The Morgan fingerprint density at radius 3 is 2.83 bits per heavy atom. The van der Waals surface area contributed by atoms with Gasteiger partial charge in [0.1, 0.15) is 17.9 Å². The molecule has 18 heavy (non-hydrogen) atoms. The van der Waals surface area contributed by atoms with Gasteiger partial charge in [0.15, 0.2) is 0 Å². The van der Waals surface area contributed by atoms with Gasteiger partial charge < -0.3 is 5.11 Å². The maximum absolute atomic E-state index is 10.0. The van der Waals surface area contributed by atoms with Crippen molar-refractivity contribution < 1.29 is 5.11 Å². The molecule has 1 aromatic heterocycles. The van der Waals surface area contributed by atoms with Gasteiger partial charge in [0, 0.05) is 17.3 Å². The van der Waals surface area contributed by atoms with Gasteiger partial charge in [-0.3, -0.25) is 4.57 Å². The van der Waals surface area contributed by atoms with Crippen LogP contribution < -0.4 is 0 Å². The van der Waals surface area contributed by atoms with E-state index in [0.29, 0.717) is 6.42 Å². The second kappa shape index (κ2) is 4.82. The maximum Gasteiger partial charge on any atom is 0.139 e. The van der Waals surface area contributed by atoms with Crippen molar-refractivity contribution in [2.45, 2.75) is 31.9 Å². The molecule has 0 fully saturated rings. The van der Waals surface area contributed by atoms with Crippen LogP contribution in [0.2, 0.25) is 0 Å². The minimum absolute atomic E-state index is 0.464. The van der Waals surface area contributed by atoms with Gasteiger partial charge in [-0.1, -0.05) is 28.1 Å². The van der Waals surface area contributed by atoms with E-state index < -0.39 is 6.23 Å². The van der Waals surface area contributed by atoms with E-state index in [4.69, 9.17) is 0 Å². The zero-order valence-corrected chi connectivity index (χ0v) is 11.5. The number of hydrogen-bond donors (Lipinski definition) is 1. The van der Waals surface area contributed by atoms with Crippen molar-refractivity contribution in [2.24, 2.45) is 0 Å². The SMILES string of the molecule is OC1CCCc2nnc(Cc3ccc(Br)cc3)n21. The molecule has 0 amide bonds. The van der Waals surface area contributed by atoms with Crippen LogP contribution in [0.3, 0.4) is 0 Å². The van der Waals surface area contributed by atoms with E-state index in [-0.39, 0.29) is 0 Å². The van der Waals surface area contributed by atoms with Crippen molar-refractivity contribution in [1.82, 2.24) is 14.8 Å². The number of nitrogens with zero attached hydrogens (tertiary/aromatic N) is 3. The number of rotatable bonds is 2. The number of aryl methyl sites for hydroxylation is 1. The summed E-state index contributed by atoms with van der Waals surface area (Å²) in [5.41, 5.74) is 1.17. The molecular weight excluding hydrogens is 294 g/mol. The van der Waals surface area contributed by atoms with E-state index in [0.717, 1.165) is 35.4 Å². The predicted molar refractivity (Wildman–Crippen MR) is 71.2 cm³/mol. The lowest BCUT2D eigenvalue weighted by Crippen LogP contribution is -2.19. The van der Waals surface area contributed by atoms with Crippen LogP contribution in [-0.4, -0.2) is 19.9 Å². The van der Waals surface area contributed by atoms with Gasteiger partial charge in [-0.2, -0.15) is 0 Å². The number of aromatic nitrogens is 3. The Hall–Kier alpha value is -1.20. The summed E-state index contributed by atoms with van der Waals surface area (Å²) in [5.74, 6) is 1.75. The van der Waals surface area contributed by atoms with Crippen LogP contribution in [0, 0.1) is 0 Å². The van der Waals surface area contributed by atoms with Gasteiger partial charge in [-0.25, -0.2) is 0 Å². The Balaban J connectivity index is 1.89. The van der Waals surface area contributed by atoms with Crippen LogP contribution in [0.4, 0.5) is 0 Å². The highest BCUT2D eigenvalue weighted by Gasteiger charge is 2.22. The molecule has 1 atom stereocenters. The molecule has 3 rings (SSSR count). The van der Waals surface area contributed by atoms with Crippen molar-refractivity contribution in [1.29, 1.82) is 0 Å². The van der Waals surface area contributed by atoms with Crippen LogP contribution in [0.25, 0.3) is 0 Å². The molecule has 0 bridgehead atoms. The summed E-state index contributed by atoms with van der Waals surface area (Å²) in [6.45, 7) is 0. The molecule has 1 aliphatic rings. The zero-order chi connectivity index (χ0) is 12.5. The summed E-state index contributed by atoms with van der Waals surface area (Å²) < 4.78 is 2.94. The molecule has 0 saturated heterocycles. The molecule has 0 aliphatic carbocycles. The quantitative estimate of drug-likeness (QED) is 0.927. The van der Waals surface area contributed by atoms with Crippen molar-refractivity contribution in [3.63, 3.8) is 0 Å². The minimum atomic E-state index is -0.464. The lowest BCUT2D eigenvalue weighted by molar-refractivity contribution is 0.0753. The number of aliphatic hydroxyl groups is 1. The lowest BCUT2D eigenvalue weighted by Gasteiger charge is -2.21. The van der Waals surface area contributed by atoms with Crippen LogP contribution >= 0.6 is 15.9 Å². The van der Waals surface area contributed by atoms with Crippen LogP contribution in [0.5, 0.6) is 0 Å². The summed E-state index contributed by atoms with van der Waals surface area (Å²) in [7, 11) is 0. The van der Waals surface area contributed by atoms with E-state index in [1.165, 1.54) is 5.56 Å². The van der Waals surface area contributed by atoms with Crippen LogP contribution in [-0.2, 0) is 12.8 Å². The molecule has 2 aromatic rings. The number of fused-ring (bicyclic) bond motifs is 1. The fraction of sp³-hybridized carbons (Fsp3) is 0.385. The van der Waals surface area contributed by atoms with Gasteiger partial charge in [0.2, 0.25) is 0 Å². The zero-order valence-electron chi connectivity index (χ0n) is 9.88. The van der Waals surface area contributed by atoms with Crippen molar-refractivity contribution in [2.75, 3.05) is 0 Å². The average molecular weight is 308 g/mol. The molecule has 5 heteroatoms. The Bertz CT molecular complexity index is 550. The fourth-order valence-electron chi connectivity index (χ4n) is 2.35. The molecule has 1 aromatic carbocycles. The topological polar surface area (TPSA) is 50.9 Å². The minimum Gasteiger partial charge on any atom is -0.373 e. The van der Waals surface area contributed by atoms with Gasteiger partial charge in [-0.05, 0) is 30.5 Å². The summed E-state index contributed by atoms with van der Waals surface area (Å²) in [6.07, 6.45) is 2.92. The van der Waals surface area contributed by atoms with E-state index in [1.807, 2.05) is 16.7 Å². The highest BCUT2D eigenvalue weighted by Crippen LogP contribution is 2.24. The standard InChI is InChI=1S/C13H14BrN3O/c14-10-6-4-9(5-7-10)8-12-16-15-11-2-1-3-13(18)17(11)12/h4-7,13,18H,1-3,8H2. The number of halogens is 1. The third-order valence-electron chi connectivity index (χ3n) is 3.27. The first-order chi connectivity index (χ1) is 8.74. The smallest absolute Gasteiger partial charge is 0.139 e. The molecule has 4 nitrogen and oxygen atoms in total. The molecule has 94 valence electrons. The normalized spacial score (nSPS) is 18.7. The van der Waals surface area contributed by atoms with Gasteiger partial charge in [-0.15, -0.1) is 10.2 Å². The second-order valence-electron chi connectivity index (χ2n) is 4.58. The number of aliphatic hydroxyl groups excluding tert-OH is 1. The Kier molecular flexibility index (Phi) is 3.18. The van der Waals surface area contributed by atoms with Crippen LogP contribution in [0.15, 0.2) is 28.7 Å². The summed E-state index contributed by atoms with van der Waals surface area (Å²) >= 11 is 3.42. The van der Waals surface area contributed by atoms with E-state index in [9.17, 15) is 5.11 Å². The third-order valence-corrected chi connectivity index (χ3v) is 3.80. The van der Waals surface area contributed by atoms with E-state index in [2.05, 4.69) is 38.3 Å². The largest absolute Gasteiger partial charge is 0.373 e. The monoisotopic (exact) mass is 307 g/mol. The summed E-state index contributed by atoms with van der Waals surface area (Å²) in [4.78, 5) is 0. The first-order valence-electron chi connectivity index (χ1n) is 6.09. The molecule has 0 spiro atoms. The summed E-state index contributed by atoms with van der Waals surface area (Å²) in [5, 5.41) is 18.4. The van der Waals surface area contributed by atoms with E-state index in [1.54, 1.807) is 0 Å². The molecule has 1 N–H and O–H groups in total. The summed E-state index contributed by atoms with van der Waals surface area (Å²) in [6, 6.07) is 8.14. The fourth-order valence-corrected chi connectivity index (χ4v) is 2.62.